The van der Waals surface area contributed by atoms with Crippen LogP contribution in [0.25, 0.3) is 0 Å². The smallest absolute Gasteiger partial charge is 0.228 e. The highest BCUT2D eigenvalue weighted by Gasteiger charge is 2.56. The molecular formula is C14H17NO2. The predicted molar refractivity (Wildman–Crippen MR) is 65.8 cm³/mol. The molecule has 3 heteroatoms. The lowest BCUT2D eigenvalue weighted by molar-refractivity contribution is -0.118. The van der Waals surface area contributed by atoms with E-state index < -0.39 is 0 Å². The van der Waals surface area contributed by atoms with Crippen LogP contribution in [0, 0.1) is 24.7 Å². The molecule has 1 aromatic carbocycles. The molecule has 0 heterocycles. The van der Waals surface area contributed by atoms with E-state index in [1.54, 1.807) is 12.1 Å². The molecule has 2 aliphatic rings. The first-order valence-electron chi connectivity index (χ1n) is 6.28. The predicted octanol–water partition coefficient (Wildman–Crippen LogP) is 2.69. The van der Waals surface area contributed by atoms with Crippen LogP contribution in [0.3, 0.4) is 0 Å². The van der Waals surface area contributed by atoms with Crippen LogP contribution in [-0.4, -0.2) is 11.0 Å². The zero-order valence-corrected chi connectivity index (χ0v) is 9.94. The summed E-state index contributed by atoms with van der Waals surface area (Å²) in [5, 5.41) is 12.5. The lowest BCUT2D eigenvalue weighted by Gasteiger charge is -2.10. The zero-order chi connectivity index (χ0) is 12.0. The standard InChI is InChI=1S/C14H17NO2/c1-8-11(6-3-7-12(8)16)15-14(17)13-9-4-2-5-10(9)13/h3,6-7,9-10,13,16H,2,4-5H2,1H3,(H,15,17). The molecule has 3 nitrogen and oxygen atoms in total. The summed E-state index contributed by atoms with van der Waals surface area (Å²) in [6.07, 6.45) is 3.70. The molecule has 1 aromatic rings. The van der Waals surface area contributed by atoms with E-state index in [1.165, 1.54) is 19.3 Å². The summed E-state index contributed by atoms with van der Waals surface area (Å²) in [5.41, 5.74) is 1.48. The molecule has 0 aromatic heterocycles. The van der Waals surface area contributed by atoms with Gasteiger partial charge in [0.2, 0.25) is 5.91 Å². The molecule has 0 aliphatic heterocycles. The first-order chi connectivity index (χ1) is 8.18. The molecule has 2 N–H and O–H groups in total. The molecule has 17 heavy (non-hydrogen) atoms. The van der Waals surface area contributed by atoms with Gasteiger partial charge in [-0.15, -0.1) is 0 Å². The van der Waals surface area contributed by atoms with E-state index in [-0.39, 0.29) is 17.6 Å². The largest absolute Gasteiger partial charge is 0.508 e. The van der Waals surface area contributed by atoms with Crippen molar-refractivity contribution in [1.82, 2.24) is 0 Å². The second-order valence-corrected chi connectivity index (χ2v) is 5.22. The van der Waals surface area contributed by atoms with Gasteiger partial charge in [-0.25, -0.2) is 0 Å². The summed E-state index contributed by atoms with van der Waals surface area (Å²) >= 11 is 0. The first kappa shape index (κ1) is 10.6. The van der Waals surface area contributed by atoms with Gasteiger partial charge >= 0.3 is 0 Å². The molecule has 1 amide bonds. The van der Waals surface area contributed by atoms with Crippen molar-refractivity contribution in [3.63, 3.8) is 0 Å². The SMILES string of the molecule is Cc1c(O)cccc1NC(=O)C1C2CCCC21. The number of nitrogens with one attached hydrogen (secondary N) is 1. The van der Waals surface area contributed by atoms with Gasteiger partial charge in [-0.05, 0) is 43.7 Å². The Morgan fingerprint density at radius 3 is 2.76 bits per heavy atom. The minimum absolute atomic E-state index is 0.133. The van der Waals surface area contributed by atoms with Gasteiger partial charge in [-0.3, -0.25) is 4.79 Å². The van der Waals surface area contributed by atoms with E-state index in [0.29, 0.717) is 11.8 Å². The maximum Gasteiger partial charge on any atom is 0.228 e. The molecular weight excluding hydrogens is 214 g/mol. The molecule has 3 rings (SSSR count). The van der Waals surface area contributed by atoms with Crippen molar-refractivity contribution in [2.24, 2.45) is 17.8 Å². The summed E-state index contributed by atoms with van der Waals surface area (Å²) in [6, 6.07) is 5.23. The number of anilines is 1. The van der Waals surface area contributed by atoms with Crippen LogP contribution in [0.5, 0.6) is 5.75 Å². The number of amides is 1. The number of phenols is 1. The van der Waals surface area contributed by atoms with E-state index in [9.17, 15) is 9.90 Å². The minimum Gasteiger partial charge on any atom is -0.508 e. The Kier molecular flexibility index (Phi) is 2.35. The first-order valence-corrected chi connectivity index (χ1v) is 6.28. The van der Waals surface area contributed by atoms with E-state index in [1.807, 2.05) is 13.0 Å². The summed E-state index contributed by atoms with van der Waals surface area (Å²) in [4.78, 5) is 12.1. The maximum atomic E-state index is 12.1. The molecule has 2 aliphatic carbocycles. The highest BCUT2D eigenvalue weighted by molar-refractivity contribution is 5.95. The fourth-order valence-electron chi connectivity index (χ4n) is 3.19. The Morgan fingerprint density at radius 1 is 1.35 bits per heavy atom. The monoisotopic (exact) mass is 231 g/mol. The van der Waals surface area contributed by atoms with Crippen molar-refractivity contribution in [1.29, 1.82) is 0 Å². The molecule has 0 saturated heterocycles. The molecule has 90 valence electrons. The van der Waals surface area contributed by atoms with Crippen molar-refractivity contribution in [3.05, 3.63) is 23.8 Å². The number of aromatic hydroxyl groups is 1. The van der Waals surface area contributed by atoms with Crippen molar-refractivity contribution in [2.45, 2.75) is 26.2 Å². The van der Waals surface area contributed by atoms with Crippen LogP contribution in [0.4, 0.5) is 5.69 Å². The second kappa shape index (κ2) is 3.76. The number of carbonyl (C=O) groups is 1. The van der Waals surface area contributed by atoms with Gasteiger partial charge in [0, 0.05) is 17.2 Å². The Balaban J connectivity index is 1.71. The number of rotatable bonds is 2. The van der Waals surface area contributed by atoms with Gasteiger partial charge in [0.05, 0.1) is 0 Å². The lowest BCUT2D eigenvalue weighted by Crippen LogP contribution is -2.17. The van der Waals surface area contributed by atoms with Crippen LogP contribution in [-0.2, 0) is 4.79 Å². The number of benzene rings is 1. The van der Waals surface area contributed by atoms with Crippen LogP contribution in [0.1, 0.15) is 24.8 Å². The van der Waals surface area contributed by atoms with Crippen LogP contribution in [0.2, 0.25) is 0 Å². The Labute approximate surface area is 101 Å². The molecule has 2 saturated carbocycles. The Bertz CT molecular complexity index is 459. The Morgan fingerprint density at radius 2 is 2.06 bits per heavy atom. The normalized spacial score (nSPS) is 29.8. The molecule has 2 fully saturated rings. The fourth-order valence-corrected chi connectivity index (χ4v) is 3.19. The molecule has 0 radical (unpaired) electrons. The van der Waals surface area contributed by atoms with Crippen molar-refractivity contribution in [3.8, 4) is 5.75 Å². The average molecular weight is 231 g/mol. The number of hydrogen-bond donors (Lipinski definition) is 2. The van der Waals surface area contributed by atoms with Crippen molar-refractivity contribution >= 4 is 11.6 Å². The topological polar surface area (TPSA) is 49.3 Å². The van der Waals surface area contributed by atoms with Gasteiger partial charge in [0.15, 0.2) is 0 Å². The molecule has 0 spiro atoms. The summed E-state index contributed by atoms with van der Waals surface area (Å²) in [5.74, 6) is 1.86. The summed E-state index contributed by atoms with van der Waals surface area (Å²) in [7, 11) is 0. The third-order valence-electron chi connectivity index (χ3n) is 4.27. The van der Waals surface area contributed by atoms with Gasteiger partial charge < -0.3 is 10.4 Å². The number of phenolic OH excluding ortho intramolecular Hbond substituents is 1. The summed E-state index contributed by atoms with van der Waals surface area (Å²) in [6.45, 7) is 1.82. The van der Waals surface area contributed by atoms with E-state index in [4.69, 9.17) is 0 Å². The van der Waals surface area contributed by atoms with Crippen molar-refractivity contribution < 1.29 is 9.90 Å². The van der Waals surface area contributed by atoms with Gasteiger partial charge in [0.25, 0.3) is 0 Å². The third-order valence-corrected chi connectivity index (χ3v) is 4.27. The Hall–Kier alpha value is -1.51. The van der Waals surface area contributed by atoms with E-state index in [0.717, 1.165) is 11.3 Å². The maximum absolute atomic E-state index is 12.1. The van der Waals surface area contributed by atoms with Crippen LogP contribution in [0.15, 0.2) is 18.2 Å². The van der Waals surface area contributed by atoms with Gasteiger partial charge in [-0.1, -0.05) is 12.5 Å². The highest BCUT2D eigenvalue weighted by atomic mass is 16.3. The van der Waals surface area contributed by atoms with Crippen molar-refractivity contribution in [2.75, 3.05) is 5.32 Å². The lowest BCUT2D eigenvalue weighted by atomic mass is 10.1. The highest BCUT2D eigenvalue weighted by Crippen LogP contribution is 2.57. The van der Waals surface area contributed by atoms with Crippen LogP contribution < -0.4 is 5.32 Å². The average Bonchev–Trinajstić information content (AvgIpc) is 2.79. The number of fused-ring (bicyclic) bond motifs is 1. The zero-order valence-electron chi connectivity index (χ0n) is 9.94. The minimum atomic E-state index is 0.133. The van der Waals surface area contributed by atoms with E-state index >= 15 is 0 Å². The quantitative estimate of drug-likeness (QED) is 0.822. The fraction of sp³-hybridized carbons (Fsp3) is 0.500. The van der Waals surface area contributed by atoms with Crippen LogP contribution >= 0.6 is 0 Å². The molecule has 2 unspecified atom stereocenters. The van der Waals surface area contributed by atoms with E-state index in [2.05, 4.69) is 5.32 Å². The molecule has 0 bridgehead atoms. The summed E-state index contributed by atoms with van der Waals surface area (Å²) < 4.78 is 0. The second-order valence-electron chi connectivity index (χ2n) is 5.22. The third kappa shape index (κ3) is 1.70. The van der Waals surface area contributed by atoms with Gasteiger partial charge in [0.1, 0.15) is 5.75 Å². The number of carbonyl (C=O) groups excluding carboxylic acids is 1. The molecule has 2 atom stereocenters. The number of hydrogen-bond acceptors (Lipinski definition) is 2. The van der Waals surface area contributed by atoms with Gasteiger partial charge in [-0.2, -0.15) is 0 Å².